The SMILES string of the molecule is COc1cc(C(=O)N[C@H](c2nccn2C)C2CC2)ccn1. The second kappa shape index (κ2) is 5.55. The third kappa shape index (κ3) is 2.89. The van der Waals surface area contributed by atoms with Crippen LogP contribution < -0.4 is 10.1 Å². The third-order valence-electron chi connectivity index (χ3n) is 3.72. The van der Waals surface area contributed by atoms with Crippen molar-refractivity contribution in [3.05, 3.63) is 42.1 Å². The van der Waals surface area contributed by atoms with Gasteiger partial charge in [-0.2, -0.15) is 0 Å². The highest BCUT2D eigenvalue weighted by Crippen LogP contribution is 2.40. The predicted molar refractivity (Wildman–Crippen MR) is 76.9 cm³/mol. The zero-order valence-corrected chi connectivity index (χ0v) is 12.1. The van der Waals surface area contributed by atoms with Gasteiger partial charge >= 0.3 is 0 Å². The summed E-state index contributed by atoms with van der Waals surface area (Å²) in [6, 6.07) is 3.27. The number of ether oxygens (including phenoxy) is 1. The topological polar surface area (TPSA) is 69.0 Å². The number of hydrogen-bond donors (Lipinski definition) is 1. The predicted octanol–water partition coefficient (Wildman–Crippen LogP) is 1.70. The van der Waals surface area contributed by atoms with Crippen molar-refractivity contribution in [1.82, 2.24) is 19.9 Å². The minimum Gasteiger partial charge on any atom is -0.481 e. The van der Waals surface area contributed by atoms with Crippen LogP contribution in [0.2, 0.25) is 0 Å². The number of methoxy groups -OCH3 is 1. The average Bonchev–Trinajstić information content (AvgIpc) is 3.26. The van der Waals surface area contributed by atoms with Gasteiger partial charge in [-0.25, -0.2) is 9.97 Å². The first-order valence-corrected chi connectivity index (χ1v) is 6.97. The van der Waals surface area contributed by atoms with Gasteiger partial charge in [0, 0.05) is 37.3 Å². The van der Waals surface area contributed by atoms with Gasteiger partial charge in [0.2, 0.25) is 5.88 Å². The molecule has 0 saturated heterocycles. The molecule has 1 amide bonds. The summed E-state index contributed by atoms with van der Waals surface area (Å²) in [5.41, 5.74) is 0.543. The van der Waals surface area contributed by atoms with E-state index in [1.165, 1.54) is 7.11 Å². The van der Waals surface area contributed by atoms with Crippen LogP contribution in [0, 0.1) is 5.92 Å². The van der Waals surface area contributed by atoms with E-state index in [-0.39, 0.29) is 11.9 Å². The molecule has 1 atom stereocenters. The maximum atomic E-state index is 12.4. The number of aryl methyl sites for hydroxylation is 1. The summed E-state index contributed by atoms with van der Waals surface area (Å²) in [7, 11) is 3.48. The van der Waals surface area contributed by atoms with Gasteiger partial charge < -0.3 is 14.6 Å². The number of nitrogens with one attached hydrogen (secondary N) is 1. The highest BCUT2D eigenvalue weighted by molar-refractivity contribution is 5.94. The number of aromatic nitrogens is 3. The Morgan fingerprint density at radius 2 is 2.24 bits per heavy atom. The number of carbonyl (C=O) groups is 1. The Morgan fingerprint density at radius 1 is 1.43 bits per heavy atom. The Balaban J connectivity index is 1.79. The van der Waals surface area contributed by atoms with Crippen molar-refractivity contribution in [2.24, 2.45) is 13.0 Å². The van der Waals surface area contributed by atoms with Crippen molar-refractivity contribution < 1.29 is 9.53 Å². The summed E-state index contributed by atoms with van der Waals surface area (Å²) >= 11 is 0. The summed E-state index contributed by atoms with van der Waals surface area (Å²) in [6.45, 7) is 0. The number of nitrogens with zero attached hydrogens (tertiary/aromatic N) is 3. The molecule has 6 nitrogen and oxygen atoms in total. The lowest BCUT2D eigenvalue weighted by atomic mass is 10.1. The Labute approximate surface area is 123 Å². The number of rotatable bonds is 5. The molecule has 1 aliphatic carbocycles. The quantitative estimate of drug-likeness (QED) is 0.908. The van der Waals surface area contributed by atoms with E-state index in [0.29, 0.717) is 17.4 Å². The van der Waals surface area contributed by atoms with Crippen LogP contribution in [0.1, 0.15) is 35.1 Å². The smallest absolute Gasteiger partial charge is 0.252 e. The first kappa shape index (κ1) is 13.6. The zero-order valence-electron chi connectivity index (χ0n) is 12.1. The van der Waals surface area contributed by atoms with Crippen molar-refractivity contribution in [3.63, 3.8) is 0 Å². The second-order valence-corrected chi connectivity index (χ2v) is 5.27. The van der Waals surface area contributed by atoms with E-state index in [4.69, 9.17) is 4.74 Å². The molecule has 0 unspecified atom stereocenters. The standard InChI is InChI=1S/C15H18N4O2/c1-19-8-7-17-14(19)13(10-3-4-10)18-15(20)11-5-6-16-12(9-11)21-2/h5-10,13H,3-4H2,1-2H3,(H,18,20)/t13-/m0/s1. The molecule has 0 aromatic carbocycles. The van der Waals surface area contributed by atoms with E-state index < -0.39 is 0 Å². The van der Waals surface area contributed by atoms with Crippen molar-refractivity contribution >= 4 is 5.91 Å². The lowest BCUT2D eigenvalue weighted by Crippen LogP contribution is -2.31. The maximum Gasteiger partial charge on any atom is 0.252 e. The Bertz CT molecular complexity index is 649. The van der Waals surface area contributed by atoms with E-state index in [1.807, 2.05) is 17.8 Å². The first-order valence-electron chi connectivity index (χ1n) is 6.97. The van der Waals surface area contributed by atoms with Gasteiger partial charge in [0.15, 0.2) is 0 Å². The fraction of sp³-hybridized carbons (Fsp3) is 0.400. The molecule has 0 radical (unpaired) electrons. The van der Waals surface area contributed by atoms with Crippen LogP contribution in [0.25, 0.3) is 0 Å². The molecule has 0 aliphatic heterocycles. The minimum atomic E-state index is -0.129. The molecule has 21 heavy (non-hydrogen) atoms. The van der Waals surface area contributed by atoms with Gasteiger partial charge in [-0.1, -0.05) is 0 Å². The Hall–Kier alpha value is -2.37. The number of carbonyl (C=O) groups excluding carboxylic acids is 1. The highest BCUT2D eigenvalue weighted by atomic mass is 16.5. The van der Waals surface area contributed by atoms with Crippen LogP contribution in [-0.2, 0) is 7.05 Å². The van der Waals surface area contributed by atoms with Gasteiger partial charge in [-0.05, 0) is 24.8 Å². The van der Waals surface area contributed by atoms with Crippen LogP contribution >= 0.6 is 0 Å². The van der Waals surface area contributed by atoms with Crippen LogP contribution in [0.4, 0.5) is 0 Å². The van der Waals surface area contributed by atoms with Gasteiger partial charge in [0.25, 0.3) is 5.91 Å². The molecule has 2 aromatic heterocycles. The highest BCUT2D eigenvalue weighted by Gasteiger charge is 2.35. The van der Waals surface area contributed by atoms with Gasteiger partial charge in [-0.15, -0.1) is 0 Å². The lowest BCUT2D eigenvalue weighted by Gasteiger charge is -2.18. The number of hydrogen-bond acceptors (Lipinski definition) is 4. The molecule has 0 bridgehead atoms. The van der Waals surface area contributed by atoms with Crippen molar-refractivity contribution in [1.29, 1.82) is 0 Å². The molecule has 1 aliphatic rings. The lowest BCUT2D eigenvalue weighted by molar-refractivity contribution is 0.0928. The monoisotopic (exact) mass is 286 g/mol. The first-order chi connectivity index (χ1) is 10.2. The molecule has 110 valence electrons. The van der Waals surface area contributed by atoms with Crippen LogP contribution in [0.5, 0.6) is 5.88 Å². The van der Waals surface area contributed by atoms with Crippen LogP contribution in [0.3, 0.4) is 0 Å². The summed E-state index contributed by atoms with van der Waals surface area (Å²) < 4.78 is 7.01. The summed E-state index contributed by atoms with van der Waals surface area (Å²) in [4.78, 5) is 20.8. The van der Waals surface area contributed by atoms with Crippen LogP contribution in [-0.4, -0.2) is 27.6 Å². The van der Waals surface area contributed by atoms with E-state index >= 15 is 0 Å². The van der Waals surface area contributed by atoms with Gasteiger partial charge in [-0.3, -0.25) is 4.79 Å². The number of pyridine rings is 1. The van der Waals surface area contributed by atoms with Crippen LogP contribution in [0.15, 0.2) is 30.7 Å². The van der Waals surface area contributed by atoms with E-state index in [9.17, 15) is 4.79 Å². The minimum absolute atomic E-state index is 0.0448. The molecule has 1 saturated carbocycles. The third-order valence-corrected chi connectivity index (χ3v) is 3.72. The van der Waals surface area contributed by atoms with E-state index in [1.54, 1.807) is 24.5 Å². The summed E-state index contributed by atoms with van der Waals surface area (Å²) in [5, 5.41) is 3.08. The molecule has 1 N–H and O–H groups in total. The van der Waals surface area contributed by atoms with Crippen molar-refractivity contribution in [2.75, 3.05) is 7.11 Å². The second-order valence-electron chi connectivity index (χ2n) is 5.27. The Morgan fingerprint density at radius 3 is 2.86 bits per heavy atom. The van der Waals surface area contributed by atoms with Crippen molar-refractivity contribution in [2.45, 2.75) is 18.9 Å². The normalized spacial score (nSPS) is 15.5. The zero-order chi connectivity index (χ0) is 14.8. The molecule has 2 aromatic rings. The molecule has 1 fully saturated rings. The summed E-state index contributed by atoms with van der Waals surface area (Å²) in [5.74, 6) is 1.67. The molecule has 6 heteroatoms. The molecule has 3 rings (SSSR count). The number of imidazole rings is 1. The van der Waals surface area contributed by atoms with E-state index in [2.05, 4.69) is 15.3 Å². The fourth-order valence-corrected chi connectivity index (χ4v) is 2.39. The van der Waals surface area contributed by atoms with Gasteiger partial charge in [0.05, 0.1) is 13.2 Å². The molecular formula is C15H18N4O2. The van der Waals surface area contributed by atoms with Gasteiger partial charge in [0.1, 0.15) is 5.82 Å². The molecule has 2 heterocycles. The van der Waals surface area contributed by atoms with Crippen molar-refractivity contribution in [3.8, 4) is 5.88 Å². The maximum absolute atomic E-state index is 12.4. The van der Waals surface area contributed by atoms with E-state index in [0.717, 1.165) is 18.7 Å². The molecule has 0 spiro atoms. The Kier molecular flexibility index (Phi) is 3.60. The fourth-order valence-electron chi connectivity index (χ4n) is 2.39. The summed E-state index contributed by atoms with van der Waals surface area (Å²) in [6.07, 6.45) is 7.47. The average molecular weight is 286 g/mol. The largest absolute Gasteiger partial charge is 0.481 e. The molecular weight excluding hydrogens is 268 g/mol. The number of amides is 1.